The minimum Gasteiger partial charge on any atom is -0.504 e. The molecule has 1 aromatic heterocycles. The number of aliphatic hydroxyl groups is 1. The van der Waals surface area contributed by atoms with E-state index in [0.29, 0.717) is 38.0 Å². The lowest BCUT2D eigenvalue weighted by Gasteiger charge is -2.28. The second-order valence-corrected chi connectivity index (χ2v) is 9.69. The van der Waals surface area contributed by atoms with Gasteiger partial charge < -0.3 is 24.1 Å². The summed E-state index contributed by atoms with van der Waals surface area (Å²) in [5.41, 5.74) is 1.46. The highest BCUT2D eigenvalue weighted by molar-refractivity contribution is 6.32. The Balaban J connectivity index is 1.71. The topological polar surface area (TPSA) is 109 Å². The van der Waals surface area contributed by atoms with Gasteiger partial charge in [0.25, 0.3) is 5.91 Å². The van der Waals surface area contributed by atoms with Crippen LogP contribution in [0.25, 0.3) is 11.0 Å². The SMILES string of the molecule is CCOc1cc(C2C(C(=O)c3cc4cc(Cl)cc(OC)c4o3)=C(O)C(=O)N2c2cccc(Cl)c2C)ccc1O. The standard InChI is InChI=1S/C29H23Cl2NO7/c1-4-38-21-11-15(8-9-20(21)33)25-24(27(35)29(36)32(25)19-7-5-6-18(31)14(19)2)26(34)22-12-16-10-17(30)13-23(37-3)28(16)39-22/h5-13,25,33,35H,4H2,1-3H3. The first-order chi connectivity index (χ1) is 18.7. The molecule has 1 unspecified atom stereocenters. The molecule has 1 aliphatic heterocycles. The number of carbonyl (C=O) groups excluding carboxylic acids is 2. The van der Waals surface area contributed by atoms with Gasteiger partial charge >= 0.3 is 0 Å². The Morgan fingerprint density at radius 2 is 1.85 bits per heavy atom. The fourth-order valence-electron chi connectivity index (χ4n) is 4.71. The average molecular weight is 568 g/mol. The highest BCUT2D eigenvalue weighted by Crippen LogP contribution is 2.46. The molecule has 0 spiro atoms. The number of phenolic OH excluding ortho intramolecular Hbond substituents is 1. The van der Waals surface area contributed by atoms with Gasteiger partial charge in [0, 0.05) is 27.2 Å². The van der Waals surface area contributed by atoms with Crippen molar-refractivity contribution in [3.05, 3.63) is 92.9 Å². The lowest BCUT2D eigenvalue weighted by atomic mass is 9.94. The minimum atomic E-state index is -1.10. The fraction of sp³-hybridized carbons (Fsp3) is 0.172. The number of fused-ring (bicyclic) bond motifs is 1. The number of benzene rings is 3. The molecule has 0 saturated heterocycles. The zero-order valence-corrected chi connectivity index (χ0v) is 22.6. The normalized spacial score (nSPS) is 15.4. The molecule has 0 saturated carbocycles. The van der Waals surface area contributed by atoms with Crippen LogP contribution in [-0.4, -0.2) is 35.6 Å². The second-order valence-electron chi connectivity index (χ2n) is 8.85. The molecule has 4 aromatic rings. The van der Waals surface area contributed by atoms with Crippen LogP contribution in [-0.2, 0) is 4.79 Å². The maximum atomic E-state index is 14.0. The number of carbonyl (C=O) groups is 2. The molecule has 1 amide bonds. The summed E-state index contributed by atoms with van der Waals surface area (Å²) in [6.07, 6.45) is 0. The number of aliphatic hydroxyl groups excluding tert-OH is 1. The van der Waals surface area contributed by atoms with Crippen molar-refractivity contribution in [3.8, 4) is 17.2 Å². The van der Waals surface area contributed by atoms with Crippen molar-refractivity contribution in [3.63, 3.8) is 0 Å². The summed E-state index contributed by atoms with van der Waals surface area (Å²) in [6.45, 7) is 3.76. The molecule has 8 nitrogen and oxygen atoms in total. The molecule has 200 valence electrons. The predicted molar refractivity (Wildman–Crippen MR) is 147 cm³/mol. The Morgan fingerprint density at radius 1 is 1.08 bits per heavy atom. The van der Waals surface area contributed by atoms with Crippen LogP contribution in [0.5, 0.6) is 17.2 Å². The van der Waals surface area contributed by atoms with Crippen molar-refractivity contribution in [1.82, 2.24) is 0 Å². The van der Waals surface area contributed by atoms with Crippen molar-refractivity contribution in [1.29, 1.82) is 0 Å². The van der Waals surface area contributed by atoms with Gasteiger partial charge in [-0.2, -0.15) is 0 Å². The van der Waals surface area contributed by atoms with E-state index in [1.165, 1.54) is 30.2 Å². The number of amides is 1. The number of phenols is 1. The van der Waals surface area contributed by atoms with E-state index in [9.17, 15) is 19.8 Å². The quantitative estimate of drug-likeness (QED) is 0.232. The fourth-order valence-corrected chi connectivity index (χ4v) is 5.10. The molecule has 2 heterocycles. The molecular weight excluding hydrogens is 545 g/mol. The summed E-state index contributed by atoms with van der Waals surface area (Å²) in [4.78, 5) is 28.8. The number of ketones is 1. The number of rotatable bonds is 7. The third kappa shape index (κ3) is 4.45. The van der Waals surface area contributed by atoms with Crippen LogP contribution in [0.2, 0.25) is 10.0 Å². The second kappa shape index (κ2) is 10.2. The van der Waals surface area contributed by atoms with Crippen LogP contribution in [0, 0.1) is 6.92 Å². The number of nitrogens with zero attached hydrogens (tertiary/aromatic N) is 1. The number of anilines is 1. The third-order valence-corrected chi connectivity index (χ3v) is 7.17. The van der Waals surface area contributed by atoms with Crippen molar-refractivity contribution < 1.29 is 33.7 Å². The van der Waals surface area contributed by atoms with Crippen molar-refractivity contribution in [2.75, 3.05) is 18.6 Å². The predicted octanol–water partition coefficient (Wildman–Crippen LogP) is 6.94. The van der Waals surface area contributed by atoms with E-state index >= 15 is 0 Å². The summed E-state index contributed by atoms with van der Waals surface area (Å²) in [7, 11) is 1.45. The third-order valence-electron chi connectivity index (χ3n) is 6.54. The van der Waals surface area contributed by atoms with Crippen LogP contribution >= 0.6 is 23.2 Å². The van der Waals surface area contributed by atoms with Crippen LogP contribution in [0.1, 0.15) is 34.6 Å². The van der Waals surface area contributed by atoms with E-state index in [2.05, 4.69) is 0 Å². The molecule has 0 aliphatic carbocycles. The Bertz CT molecular complexity index is 1670. The summed E-state index contributed by atoms with van der Waals surface area (Å²) in [6, 6.07) is 13.0. The number of methoxy groups -OCH3 is 1. The number of furan rings is 1. The smallest absolute Gasteiger partial charge is 0.294 e. The van der Waals surface area contributed by atoms with E-state index in [0.717, 1.165) is 0 Å². The van der Waals surface area contributed by atoms with Gasteiger partial charge in [-0.3, -0.25) is 14.5 Å². The number of ether oxygens (including phenoxy) is 2. The number of Topliss-reactive ketones (excluding diaryl/α,β-unsaturated/α-hetero) is 1. The van der Waals surface area contributed by atoms with Crippen LogP contribution in [0.15, 0.2) is 70.3 Å². The Labute approximate surface area is 233 Å². The van der Waals surface area contributed by atoms with E-state index in [-0.39, 0.29) is 35.0 Å². The van der Waals surface area contributed by atoms with Gasteiger partial charge in [0.2, 0.25) is 5.78 Å². The number of hydrogen-bond donors (Lipinski definition) is 2. The average Bonchev–Trinajstić information content (AvgIpc) is 3.45. The van der Waals surface area contributed by atoms with Gasteiger partial charge in [-0.05, 0) is 61.4 Å². The number of halogens is 2. The van der Waals surface area contributed by atoms with E-state index in [4.69, 9.17) is 37.1 Å². The van der Waals surface area contributed by atoms with Gasteiger partial charge in [0.05, 0.1) is 25.3 Å². The highest BCUT2D eigenvalue weighted by Gasteiger charge is 2.46. The van der Waals surface area contributed by atoms with Crippen molar-refractivity contribution in [2.24, 2.45) is 0 Å². The number of hydrogen-bond acceptors (Lipinski definition) is 7. The van der Waals surface area contributed by atoms with Crippen molar-refractivity contribution in [2.45, 2.75) is 19.9 Å². The monoisotopic (exact) mass is 567 g/mol. The van der Waals surface area contributed by atoms with Gasteiger partial charge in [0.15, 0.2) is 34.4 Å². The maximum absolute atomic E-state index is 14.0. The molecular formula is C29H23Cl2NO7. The molecule has 0 bridgehead atoms. The van der Waals surface area contributed by atoms with Crippen LogP contribution in [0.3, 0.4) is 0 Å². The molecule has 0 fully saturated rings. The molecule has 3 aromatic carbocycles. The molecule has 2 N–H and O–H groups in total. The molecule has 0 radical (unpaired) electrons. The summed E-state index contributed by atoms with van der Waals surface area (Å²) in [5, 5.41) is 22.7. The minimum absolute atomic E-state index is 0.113. The first-order valence-corrected chi connectivity index (χ1v) is 12.7. The molecule has 1 aliphatic rings. The Kier molecular flexibility index (Phi) is 6.92. The van der Waals surface area contributed by atoms with Crippen molar-refractivity contribution >= 4 is 51.5 Å². The zero-order chi connectivity index (χ0) is 28.0. The molecule has 10 heteroatoms. The summed E-state index contributed by atoms with van der Waals surface area (Å²) in [5.74, 6) is -2.00. The van der Waals surface area contributed by atoms with Gasteiger partial charge in [-0.15, -0.1) is 0 Å². The Hall–Kier alpha value is -4.14. The summed E-state index contributed by atoms with van der Waals surface area (Å²) >= 11 is 12.5. The van der Waals surface area contributed by atoms with E-state index in [1.54, 1.807) is 50.2 Å². The highest BCUT2D eigenvalue weighted by atomic mass is 35.5. The van der Waals surface area contributed by atoms with Crippen LogP contribution < -0.4 is 14.4 Å². The first-order valence-electron chi connectivity index (χ1n) is 12.0. The van der Waals surface area contributed by atoms with Gasteiger partial charge in [-0.25, -0.2) is 0 Å². The molecule has 39 heavy (non-hydrogen) atoms. The first kappa shape index (κ1) is 26.5. The van der Waals surface area contributed by atoms with E-state index < -0.39 is 23.5 Å². The lowest BCUT2D eigenvalue weighted by molar-refractivity contribution is -0.117. The van der Waals surface area contributed by atoms with Gasteiger partial charge in [0.1, 0.15) is 0 Å². The van der Waals surface area contributed by atoms with Gasteiger partial charge in [-0.1, -0.05) is 35.3 Å². The number of aromatic hydroxyl groups is 1. The lowest BCUT2D eigenvalue weighted by Crippen LogP contribution is -2.31. The summed E-state index contributed by atoms with van der Waals surface area (Å²) < 4.78 is 16.7. The zero-order valence-electron chi connectivity index (χ0n) is 21.1. The van der Waals surface area contributed by atoms with Crippen LogP contribution in [0.4, 0.5) is 5.69 Å². The largest absolute Gasteiger partial charge is 0.504 e. The van der Waals surface area contributed by atoms with E-state index in [1.807, 2.05) is 0 Å². The molecule has 1 atom stereocenters. The molecule has 5 rings (SSSR count). The maximum Gasteiger partial charge on any atom is 0.294 e. The Morgan fingerprint density at radius 3 is 2.56 bits per heavy atom.